The molecule has 0 fully saturated rings. The van der Waals surface area contributed by atoms with Crippen LogP contribution >= 0.6 is 0 Å². The molecule has 1 rings (SSSR count). The third-order valence-corrected chi connectivity index (χ3v) is 2.88. The van der Waals surface area contributed by atoms with E-state index in [1.54, 1.807) is 0 Å². The average molecular weight is 197 g/mol. The Kier molecular flexibility index (Phi) is 3.09. The van der Waals surface area contributed by atoms with Crippen LogP contribution < -0.4 is 0 Å². The quantitative estimate of drug-likeness (QED) is 0.793. The summed E-state index contributed by atoms with van der Waals surface area (Å²) in [7, 11) is -2.33. The van der Waals surface area contributed by atoms with Gasteiger partial charge in [0.25, 0.3) is 0 Å². The predicted molar refractivity (Wildman–Crippen MR) is 56.5 cm³/mol. The van der Waals surface area contributed by atoms with Gasteiger partial charge in [0.1, 0.15) is 0 Å². The molecular weight excluding hydrogens is 182 g/mol. The van der Waals surface area contributed by atoms with E-state index in [2.05, 4.69) is 0 Å². The first-order valence-electron chi connectivity index (χ1n) is 4.24. The van der Waals surface area contributed by atoms with E-state index in [9.17, 15) is 4.21 Å². The van der Waals surface area contributed by atoms with Crippen molar-refractivity contribution in [3.63, 3.8) is 0 Å². The van der Waals surface area contributed by atoms with Gasteiger partial charge in [0.05, 0.1) is 0 Å². The first-order chi connectivity index (χ1) is 5.97. The van der Waals surface area contributed by atoms with E-state index >= 15 is 0 Å². The highest BCUT2D eigenvalue weighted by Gasteiger charge is 1.98. The summed E-state index contributed by atoms with van der Waals surface area (Å²) in [6.07, 6.45) is 2.22. The fourth-order valence-corrected chi connectivity index (χ4v) is 1.69. The van der Waals surface area contributed by atoms with Crippen molar-refractivity contribution in [2.24, 2.45) is 0 Å². The van der Waals surface area contributed by atoms with Crippen molar-refractivity contribution in [1.82, 2.24) is 0 Å². The monoisotopic (exact) mass is 197 g/mol. The fourth-order valence-electron chi connectivity index (χ4n) is 1.07. The number of aryl methyl sites for hydroxylation is 2. The summed E-state index contributed by atoms with van der Waals surface area (Å²) in [6.45, 7) is 2.04. The maximum Gasteiger partial charge on any atom is 0.0415 e. The molecule has 1 atom stereocenters. The van der Waals surface area contributed by atoms with Crippen molar-refractivity contribution in [3.05, 3.63) is 35.4 Å². The van der Waals surface area contributed by atoms with E-state index in [1.807, 2.05) is 31.2 Å². The van der Waals surface area contributed by atoms with E-state index < -0.39 is 9.73 Å². The molecule has 0 aliphatic carbocycles. The minimum atomic E-state index is -2.33. The second-order valence-corrected chi connectivity index (χ2v) is 5.86. The lowest BCUT2D eigenvalue weighted by Gasteiger charge is -2.01. The highest BCUT2D eigenvalue weighted by molar-refractivity contribution is 7.91. The Morgan fingerprint density at radius 2 is 1.85 bits per heavy atom. The number of hydrogen-bond donors (Lipinski definition) is 1. The van der Waals surface area contributed by atoms with Gasteiger partial charge in [-0.3, -0.25) is 8.99 Å². The SMILES string of the molecule is Cc1ccc(CCS(C)(=N)=O)cc1. The molecule has 0 bridgehead atoms. The zero-order valence-corrected chi connectivity index (χ0v) is 8.86. The van der Waals surface area contributed by atoms with Gasteiger partial charge in [-0.2, -0.15) is 0 Å². The zero-order valence-electron chi connectivity index (χ0n) is 8.04. The molecule has 0 amide bonds. The molecule has 13 heavy (non-hydrogen) atoms. The standard InChI is InChI=1S/C10H15NOS/c1-9-3-5-10(6-4-9)7-8-13(2,11)12/h3-6,11H,7-8H2,1-2H3. The molecule has 1 aromatic carbocycles. The van der Waals surface area contributed by atoms with Gasteiger partial charge in [-0.05, 0) is 18.9 Å². The van der Waals surface area contributed by atoms with Crippen LogP contribution in [0.4, 0.5) is 0 Å². The number of benzene rings is 1. The third-order valence-electron chi connectivity index (χ3n) is 1.90. The summed E-state index contributed by atoms with van der Waals surface area (Å²) in [6, 6.07) is 8.13. The summed E-state index contributed by atoms with van der Waals surface area (Å²) in [5.41, 5.74) is 2.39. The number of nitrogens with one attached hydrogen (secondary N) is 1. The van der Waals surface area contributed by atoms with Crippen molar-refractivity contribution in [2.45, 2.75) is 13.3 Å². The van der Waals surface area contributed by atoms with Crippen LogP contribution in [0.15, 0.2) is 24.3 Å². The van der Waals surface area contributed by atoms with Crippen LogP contribution in [0.25, 0.3) is 0 Å². The second-order valence-electron chi connectivity index (χ2n) is 3.44. The van der Waals surface area contributed by atoms with Gasteiger partial charge in [0.15, 0.2) is 0 Å². The summed E-state index contributed by atoms with van der Waals surface area (Å²) in [4.78, 5) is 0. The smallest absolute Gasteiger partial charge is 0.0415 e. The molecule has 72 valence electrons. The molecule has 0 spiro atoms. The molecule has 1 aromatic rings. The molecule has 0 saturated heterocycles. The van der Waals surface area contributed by atoms with E-state index in [0.29, 0.717) is 5.75 Å². The van der Waals surface area contributed by atoms with Crippen molar-refractivity contribution in [2.75, 3.05) is 12.0 Å². The molecule has 0 radical (unpaired) electrons. The summed E-state index contributed by atoms with van der Waals surface area (Å²) < 4.78 is 18.3. The van der Waals surface area contributed by atoms with Crippen LogP contribution in [0.5, 0.6) is 0 Å². The maximum absolute atomic E-state index is 11.1. The Bertz CT molecular complexity index is 364. The van der Waals surface area contributed by atoms with Gasteiger partial charge in [0, 0.05) is 21.7 Å². The lowest BCUT2D eigenvalue weighted by atomic mass is 10.1. The molecule has 0 heterocycles. The zero-order chi connectivity index (χ0) is 9.90. The Morgan fingerprint density at radius 3 is 2.31 bits per heavy atom. The first-order valence-corrected chi connectivity index (χ1v) is 6.38. The first kappa shape index (κ1) is 10.3. The molecule has 2 nitrogen and oxygen atoms in total. The molecule has 3 heteroatoms. The summed E-state index contributed by atoms with van der Waals surface area (Å²) in [5, 5.41) is 0. The van der Waals surface area contributed by atoms with Crippen LogP contribution in [-0.2, 0) is 16.1 Å². The van der Waals surface area contributed by atoms with E-state index in [1.165, 1.54) is 11.8 Å². The lowest BCUT2D eigenvalue weighted by molar-refractivity contribution is 0.678. The van der Waals surface area contributed by atoms with Gasteiger partial charge in [-0.15, -0.1) is 0 Å². The van der Waals surface area contributed by atoms with Gasteiger partial charge >= 0.3 is 0 Å². The second kappa shape index (κ2) is 3.92. The Hall–Kier alpha value is -0.830. The van der Waals surface area contributed by atoms with Gasteiger partial charge in [-0.1, -0.05) is 29.8 Å². The minimum Gasteiger partial charge on any atom is -0.253 e. The van der Waals surface area contributed by atoms with Crippen LogP contribution in [0.3, 0.4) is 0 Å². The summed E-state index contributed by atoms with van der Waals surface area (Å²) in [5.74, 6) is 0.454. The summed E-state index contributed by atoms with van der Waals surface area (Å²) >= 11 is 0. The van der Waals surface area contributed by atoms with Gasteiger partial charge in [0.2, 0.25) is 0 Å². The molecule has 1 N–H and O–H groups in total. The largest absolute Gasteiger partial charge is 0.253 e. The molecular formula is C10H15NOS. The molecule has 0 saturated carbocycles. The third kappa shape index (κ3) is 4.08. The van der Waals surface area contributed by atoms with Crippen LogP contribution in [0.2, 0.25) is 0 Å². The lowest BCUT2D eigenvalue weighted by Crippen LogP contribution is -2.03. The topological polar surface area (TPSA) is 40.9 Å². The van der Waals surface area contributed by atoms with Crippen LogP contribution in [-0.4, -0.2) is 16.2 Å². The Labute approximate surface area is 80.0 Å². The molecule has 0 aromatic heterocycles. The molecule has 0 aliphatic rings. The van der Waals surface area contributed by atoms with Crippen molar-refractivity contribution in [3.8, 4) is 0 Å². The highest BCUT2D eigenvalue weighted by Crippen LogP contribution is 2.04. The molecule has 1 unspecified atom stereocenters. The van der Waals surface area contributed by atoms with Crippen LogP contribution in [0, 0.1) is 11.7 Å². The van der Waals surface area contributed by atoms with Crippen molar-refractivity contribution in [1.29, 1.82) is 4.78 Å². The molecule has 0 aliphatic heterocycles. The highest BCUT2D eigenvalue weighted by atomic mass is 32.2. The number of hydrogen-bond acceptors (Lipinski definition) is 2. The minimum absolute atomic E-state index is 0.454. The maximum atomic E-state index is 11.1. The Balaban J connectivity index is 2.61. The average Bonchev–Trinajstić information content (AvgIpc) is 2.02. The van der Waals surface area contributed by atoms with Crippen LogP contribution in [0.1, 0.15) is 11.1 Å². The number of rotatable bonds is 3. The van der Waals surface area contributed by atoms with E-state index in [0.717, 1.165) is 12.0 Å². The van der Waals surface area contributed by atoms with Gasteiger partial charge < -0.3 is 0 Å². The Morgan fingerprint density at radius 1 is 1.31 bits per heavy atom. The van der Waals surface area contributed by atoms with Gasteiger partial charge in [-0.25, -0.2) is 0 Å². The van der Waals surface area contributed by atoms with Crippen molar-refractivity contribution >= 4 is 9.73 Å². The predicted octanol–water partition coefficient (Wildman–Crippen LogP) is 2.21. The fraction of sp³-hybridized carbons (Fsp3) is 0.400. The van der Waals surface area contributed by atoms with E-state index in [-0.39, 0.29) is 0 Å². The normalized spacial score (nSPS) is 15.2. The van der Waals surface area contributed by atoms with E-state index in [4.69, 9.17) is 4.78 Å². The van der Waals surface area contributed by atoms with Crippen molar-refractivity contribution < 1.29 is 4.21 Å².